The lowest BCUT2D eigenvalue weighted by molar-refractivity contribution is -0.135. The molecule has 2 aliphatic heterocycles. The number of piperidine rings is 1. The third-order valence-electron chi connectivity index (χ3n) is 5.18. The highest BCUT2D eigenvalue weighted by Gasteiger charge is 2.47. The van der Waals surface area contributed by atoms with Crippen LogP contribution in [0.5, 0.6) is 5.75 Å². The Morgan fingerprint density at radius 1 is 1.32 bits per heavy atom. The molecule has 136 valence electrons. The van der Waals surface area contributed by atoms with Crippen LogP contribution >= 0.6 is 0 Å². The van der Waals surface area contributed by atoms with Crippen LogP contribution in [-0.2, 0) is 4.79 Å². The summed E-state index contributed by atoms with van der Waals surface area (Å²) in [4.78, 5) is 25.0. The summed E-state index contributed by atoms with van der Waals surface area (Å²) in [6, 6.07) is 0. The number of anilines is 1. The molecule has 8 heteroatoms. The van der Waals surface area contributed by atoms with E-state index in [2.05, 4.69) is 14.9 Å². The Kier molecular flexibility index (Phi) is 5.17. The summed E-state index contributed by atoms with van der Waals surface area (Å²) in [6.45, 7) is 2.57. The summed E-state index contributed by atoms with van der Waals surface area (Å²) in [5.41, 5.74) is 5.57. The molecule has 3 rings (SSSR count). The number of nitrogens with zero attached hydrogens (tertiary/aromatic N) is 4. The average molecular weight is 349 g/mol. The lowest BCUT2D eigenvalue weighted by Gasteiger charge is -2.37. The Morgan fingerprint density at radius 3 is 2.48 bits per heavy atom. The van der Waals surface area contributed by atoms with E-state index < -0.39 is 0 Å². The fraction of sp³-hybridized carbons (Fsp3) is 0.588. The van der Waals surface area contributed by atoms with Crippen molar-refractivity contribution in [1.29, 1.82) is 0 Å². The fourth-order valence-corrected chi connectivity index (χ4v) is 3.45. The minimum atomic E-state index is -0.189. The minimum Gasteiger partial charge on any atom is -0.486 e. The van der Waals surface area contributed by atoms with Crippen molar-refractivity contribution in [2.24, 2.45) is 11.1 Å². The summed E-state index contributed by atoms with van der Waals surface area (Å²) in [5.74, 6) is 1.37. The van der Waals surface area contributed by atoms with Crippen LogP contribution < -0.4 is 15.4 Å². The summed E-state index contributed by atoms with van der Waals surface area (Å²) in [6.07, 6.45) is 6.22. The van der Waals surface area contributed by atoms with Gasteiger partial charge in [0.05, 0.1) is 24.1 Å². The molecule has 0 unspecified atom stereocenters. The van der Waals surface area contributed by atoms with Gasteiger partial charge in [-0.15, -0.1) is 0 Å². The molecule has 0 radical (unpaired) electrons. The number of nitrogens with two attached hydrogens (primary N) is 1. The second kappa shape index (κ2) is 7.35. The van der Waals surface area contributed by atoms with Gasteiger partial charge in [-0.3, -0.25) is 4.79 Å². The third kappa shape index (κ3) is 3.58. The standard InChI is InChI=1S/C17H24FN5O2/c1-22-5-2-17(15(22)24)3-6-23(7-4-17)16-20-10-14(11-21-16)25-12-13(8-18)9-19/h8,10-11H,2-7,9,12,19H2,1H3/b13-8+. The molecule has 0 aromatic carbocycles. The van der Waals surface area contributed by atoms with Crippen LogP contribution in [0.1, 0.15) is 19.3 Å². The van der Waals surface area contributed by atoms with Crippen molar-refractivity contribution in [2.75, 3.05) is 44.7 Å². The van der Waals surface area contributed by atoms with Crippen LogP contribution in [0.25, 0.3) is 0 Å². The molecule has 2 aliphatic rings. The zero-order valence-electron chi connectivity index (χ0n) is 14.4. The van der Waals surface area contributed by atoms with Gasteiger partial charge in [0.2, 0.25) is 11.9 Å². The molecular weight excluding hydrogens is 325 g/mol. The second-order valence-electron chi connectivity index (χ2n) is 6.72. The van der Waals surface area contributed by atoms with Gasteiger partial charge in [-0.05, 0) is 19.3 Å². The van der Waals surface area contributed by atoms with Crippen LogP contribution in [-0.4, -0.2) is 60.6 Å². The fourth-order valence-electron chi connectivity index (χ4n) is 3.45. The van der Waals surface area contributed by atoms with E-state index >= 15 is 0 Å². The summed E-state index contributed by atoms with van der Waals surface area (Å²) >= 11 is 0. The molecule has 3 heterocycles. The van der Waals surface area contributed by atoms with Crippen molar-refractivity contribution >= 4 is 11.9 Å². The molecule has 0 saturated carbocycles. The first kappa shape index (κ1) is 17.6. The van der Waals surface area contributed by atoms with Crippen LogP contribution in [0.2, 0.25) is 0 Å². The molecule has 2 N–H and O–H groups in total. The summed E-state index contributed by atoms with van der Waals surface area (Å²) < 4.78 is 17.9. The highest BCUT2D eigenvalue weighted by atomic mass is 19.1. The number of hydrogen-bond acceptors (Lipinski definition) is 6. The van der Waals surface area contributed by atoms with Gasteiger partial charge >= 0.3 is 0 Å². The molecule has 1 spiro atoms. The van der Waals surface area contributed by atoms with E-state index in [0.29, 0.717) is 23.6 Å². The molecule has 0 atom stereocenters. The molecule has 0 bridgehead atoms. The normalized spacial score (nSPS) is 20.4. The predicted molar refractivity (Wildman–Crippen MR) is 91.9 cm³/mol. The SMILES string of the molecule is CN1CCC2(CCN(c3ncc(OC/C(=C/F)CN)cn3)CC2)C1=O. The van der Waals surface area contributed by atoms with E-state index in [0.717, 1.165) is 38.9 Å². The minimum absolute atomic E-state index is 0.0809. The smallest absolute Gasteiger partial charge is 0.228 e. The number of amides is 1. The maximum Gasteiger partial charge on any atom is 0.228 e. The van der Waals surface area contributed by atoms with Gasteiger partial charge in [-0.1, -0.05) is 0 Å². The predicted octanol–water partition coefficient (Wildman–Crippen LogP) is 1.12. The van der Waals surface area contributed by atoms with Gasteiger partial charge < -0.3 is 20.3 Å². The van der Waals surface area contributed by atoms with Crippen molar-refractivity contribution in [3.63, 3.8) is 0 Å². The Labute approximate surface area is 146 Å². The molecule has 1 aromatic heterocycles. The maximum atomic E-state index is 12.5. The molecule has 7 nitrogen and oxygen atoms in total. The monoisotopic (exact) mass is 349 g/mol. The quantitative estimate of drug-likeness (QED) is 0.857. The van der Waals surface area contributed by atoms with Gasteiger partial charge in [0.25, 0.3) is 0 Å². The van der Waals surface area contributed by atoms with E-state index in [9.17, 15) is 9.18 Å². The zero-order valence-corrected chi connectivity index (χ0v) is 14.4. The molecular formula is C17H24FN5O2. The molecule has 0 aliphatic carbocycles. The molecule has 1 amide bonds. The molecule has 25 heavy (non-hydrogen) atoms. The molecule has 1 aromatic rings. The highest BCUT2D eigenvalue weighted by Crippen LogP contribution is 2.41. The van der Waals surface area contributed by atoms with E-state index in [1.807, 2.05) is 11.9 Å². The van der Waals surface area contributed by atoms with Crippen molar-refractivity contribution in [2.45, 2.75) is 19.3 Å². The lowest BCUT2D eigenvalue weighted by atomic mass is 9.77. The first-order valence-corrected chi connectivity index (χ1v) is 8.51. The summed E-state index contributed by atoms with van der Waals surface area (Å²) in [7, 11) is 1.87. The van der Waals surface area contributed by atoms with Gasteiger partial charge in [0.15, 0.2) is 5.75 Å². The first-order chi connectivity index (χ1) is 12.1. The zero-order chi connectivity index (χ0) is 17.9. The Morgan fingerprint density at radius 2 is 1.96 bits per heavy atom. The van der Waals surface area contributed by atoms with Crippen LogP contribution in [0.15, 0.2) is 24.3 Å². The largest absolute Gasteiger partial charge is 0.486 e. The number of hydrogen-bond donors (Lipinski definition) is 1. The molecule has 2 fully saturated rings. The maximum absolute atomic E-state index is 12.5. The second-order valence-corrected chi connectivity index (χ2v) is 6.72. The Balaban J connectivity index is 1.56. The average Bonchev–Trinajstić information content (AvgIpc) is 2.92. The third-order valence-corrected chi connectivity index (χ3v) is 5.18. The van der Waals surface area contributed by atoms with Gasteiger partial charge in [0.1, 0.15) is 6.61 Å². The van der Waals surface area contributed by atoms with E-state index in [1.54, 1.807) is 12.4 Å². The first-order valence-electron chi connectivity index (χ1n) is 8.51. The van der Waals surface area contributed by atoms with E-state index in [4.69, 9.17) is 10.5 Å². The van der Waals surface area contributed by atoms with Crippen molar-refractivity contribution in [1.82, 2.24) is 14.9 Å². The number of likely N-dealkylation sites (tertiary alicyclic amines) is 1. The lowest BCUT2D eigenvalue weighted by Crippen LogP contribution is -2.44. The number of rotatable bonds is 5. The van der Waals surface area contributed by atoms with Crippen molar-refractivity contribution in [3.05, 3.63) is 24.3 Å². The van der Waals surface area contributed by atoms with E-state index in [-0.39, 0.29) is 24.5 Å². The van der Waals surface area contributed by atoms with Gasteiger partial charge in [-0.25, -0.2) is 14.4 Å². The topological polar surface area (TPSA) is 84.6 Å². The number of ether oxygens (including phenoxy) is 1. The number of carbonyl (C=O) groups excluding carboxylic acids is 1. The van der Waals surface area contributed by atoms with E-state index in [1.165, 1.54) is 0 Å². The van der Waals surface area contributed by atoms with Crippen LogP contribution in [0, 0.1) is 5.41 Å². The number of carbonyl (C=O) groups is 1. The van der Waals surface area contributed by atoms with Crippen LogP contribution in [0.3, 0.4) is 0 Å². The Bertz CT molecular complexity index is 641. The number of halogens is 1. The van der Waals surface area contributed by atoms with Crippen molar-refractivity contribution in [3.8, 4) is 5.75 Å². The number of aromatic nitrogens is 2. The van der Waals surface area contributed by atoms with Gasteiger partial charge in [-0.2, -0.15) is 0 Å². The van der Waals surface area contributed by atoms with Crippen LogP contribution in [0.4, 0.5) is 10.3 Å². The highest BCUT2D eigenvalue weighted by molar-refractivity contribution is 5.84. The molecule has 2 saturated heterocycles. The van der Waals surface area contributed by atoms with Gasteiger partial charge in [0, 0.05) is 38.8 Å². The Hall–Kier alpha value is -2.22. The van der Waals surface area contributed by atoms with Crippen molar-refractivity contribution < 1.29 is 13.9 Å². The summed E-state index contributed by atoms with van der Waals surface area (Å²) in [5, 5.41) is 0.